The summed E-state index contributed by atoms with van der Waals surface area (Å²) in [6, 6.07) is 10.9. The second kappa shape index (κ2) is 7.32. The molecule has 4 aromatic rings. The molecule has 0 saturated heterocycles. The van der Waals surface area contributed by atoms with Crippen molar-refractivity contribution in [3.05, 3.63) is 87.0 Å². The van der Waals surface area contributed by atoms with E-state index in [1.54, 1.807) is 16.9 Å². The highest BCUT2D eigenvalue weighted by atomic mass is 19.4. The summed E-state index contributed by atoms with van der Waals surface area (Å²) in [4.78, 5) is 13.5. The zero-order valence-corrected chi connectivity index (χ0v) is 17.6. The minimum Gasteiger partial charge on any atom is -0.265 e. The predicted octanol–water partition coefficient (Wildman–Crippen LogP) is 5.14. The number of fused-ring (bicyclic) bond motifs is 1. The van der Waals surface area contributed by atoms with Gasteiger partial charge in [-0.3, -0.25) is 4.79 Å². The Kier molecular flexibility index (Phi) is 4.69. The first-order valence-corrected chi connectivity index (χ1v) is 10.4. The van der Waals surface area contributed by atoms with Crippen molar-refractivity contribution in [3.8, 4) is 5.69 Å². The van der Waals surface area contributed by atoms with E-state index in [0.717, 1.165) is 47.5 Å². The van der Waals surface area contributed by atoms with Gasteiger partial charge in [0.1, 0.15) is 5.52 Å². The Hall–Kier alpha value is -3.42. The average molecular weight is 438 g/mol. The average Bonchev–Trinajstić information content (AvgIpc) is 3.48. The van der Waals surface area contributed by atoms with E-state index in [2.05, 4.69) is 10.2 Å². The van der Waals surface area contributed by atoms with E-state index in [1.807, 2.05) is 32.0 Å². The molecule has 2 aromatic heterocycles. The van der Waals surface area contributed by atoms with Crippen LogP contribution in [0, 0.1) is 13.8 Å². The van der Waals surface area contributed by atoms with Gasteiger partial charge in [-0.15, -0.1) is 0 Å². The molecule has 0 bridgehead atoms. The molecule has 0 amide bonds. The summed E-state index contributed by atoms with van der Waals surface area (Å²) < 4.78 is 42.3. The molecule has 0 spiro atoms. The lowest BCUT2D eigenvalue weighted by Gasteiger charge is -2.13. The van der Waals surface area contributed by atoms with Crippen LogP contribution in [-0.2, 0) is 12.7 Å². The fourth-order valence-electron chi connectivity index (χ4n) is 4.10. The molecule has 0 unspecified atom stereocenters. The fraction of sp³-hybridized carbons (Fsp3) is 0.292. The van der Waals surface area contributed by atoms with Crippen LogP contribution < -0.4 is 5.56 Å². The zero-order valence-electron chi connectivity index (χ0n) is 17.6. The first-order chi connectivity index (χ1) is 15.2. The molecule has 164 valence electrons. The van der Waals surface area contributed by atoms with Crippen LogP contribution in [0.2, 0.25) is 0 Å². The highest BCUT2D eigenvalue weighted by Gasteiger charge is 2.32. The fourth-order valence-corrected chi connectivity index (χ4v) is 4.10. The van der Waals surface area contributed by atoms with E-state index in [4.69, 9.17) is 0 Å². The van der Waals surface area contributed by atoms with Crippen molar-refractivity contribution in [1.82, 2.24) is 19.6 Å². The van der Waals surface area contributed by atoms with Crippen molar-refractivity contribution in [2.75, 3.05) is 0 Å². The summed E-state index contributed by atoms with van der Waals surface area (Å²) in [5.74, 6) is 0.239. The lowest BCUT2D eigenvalue weighted by atomic mass is 10.1. The molecule has 0 N–H and O–H groups in total. The molecule has 1 aliphatic rings. The van der Waals surface area contributed by atoms with E-state index in [9.17, 15) is 18.0 Å². The van der Waals surface area contributed by atoms with Gasteiger partial charge in [0.15, 0.2) is 0 Å². The van der Waals surface area contributed by atoms with Crippen LogP contribution in [0.15, 0.2) is 53.5 Å². The Balaban J connectivity index is 1.68. The largest absolute Gasteiger partial charge is 0.416 e. The smallest absolute Gasteiger partial charge is 0.265 e. The van der Waals surface area contributed by atoms with Gasteiger partial charge in [-0.1, -0.05) is 29.8 Å². The van der Waals surface area contributed by atoms with Gasteiger partial charge >= 0.3 is 6.18 Å². The molecule has 0 aliphatic heterocycles. The first kappa shape index (κ1) is 20.5. The number of aryl methyl sites for hydroxylation is 2. The van der Waals surface area contributed by atoms with Gasteiger partial charge in [-0.2, -0.15) is 23.4 Å². The summed E-state index contributed by atoms with van der Waals surface area (Å²) in [5.41, 5.74) is 3.30. The third kappa shape index (κ3) is 3.59. The summed E-state index contributed by atoms with van der Waals surface area (Å²) in [6.45, 7) is 3.91. The molecule has 5 rings (SSSR count). The second-order valence-electron chi connectivity index (χ2n) is 8.43. The van der Waals surface area contributed by atoms with Gasteiger partial charge in [0, 0.05) is 11.3 Å². The van der Waals surface area contributed by atoms with Crippen LogP contribution in [-0.4, -0.2) is 19.6 Å². The van der Waals surface area contributed by atoms with E-state index < -0.39 is 11.7 Å². The lowest BCUT2D eigenvalue weighted by Crippen LogP contribution is -2.26. The number of hydrogen-bond acceptors (Lipinski definition) is 3. The number of halogens is 3. The maximum absolute atomic E-state index is 13.5. The Morgan fingerprint density at radius 1 is 1.09 bits per heavy atom. The predicted molar refractivity (Wildman–Crippen MR) is 115 cm³/mol. The molecule has 1 saturated carbocycles. The van der Waals surface area contributed by atoms with E-state index in [-0.39, 0.29) is 18.0 Å². The summed E-state index contributed by atoms with van der Waals surface area (Å²) >= 11 is 0. The highest BCUT2D eigenvalue weighted by molar-refractivity contribution is 5.82. The van der Waals surface area contributed by atoms with Crippen molar-refractivity contribution in [3.63, 3.8) is 0 Å². The minimum atomic E-state index is -4.45. The van der Waals surface area contributed by atoms with Crippen molar-refractivity contribution in [1.29, 1.82) is 0 Å². The van der Waals surface area contributed by atoms with E-state index in [0.29, 0.717) is 16.5 Å². The molecular weight excluding hydrogens is 417 g/mol. The SMILES string of the molecule is Cc1ccc(-n2ncc3c(C4CC4)nn(Cc4cccc(C(F)(F)F)c4)c(=O)c32)c(C)c1. The molecule has 1 aliphatic carbocycles. The molecular formula is C24H21F3N4O. The Labute approximate surface area is 182 Å². The second-order valence-corrected chi connectivity index (χ2v) is 8.43. The standard InChI is InChI=1S/C24H21F3N4O/c1-14-6-9-20(15(2)10-14)31-22-19(12-28-31)21(17-7-8-17)29-30(23(22)32)13-16-4-3-5-18(11-16)24(25,26)27/h3-6,9-12,17H,7-8,13H2,1-2H3. The monoisotopic (exact) mass is 438 g/mol. The van der Waals surface area contributed by atoms with Gasteiger partial charge in [-0.05, 0) is 56.0 Å². The molecule has 1 fully saturated rings. The number of hydrogen-bond donors (Lipinski definition) is 0. The van der Waals surface area contributed by atoms with E-state index >= 15 is 0 Å². The van der Waals surface area contributed by atoms with Gasteiger partial charge in [-0.25, -0.2) is 9.36 Å². The topological polar surface area (TPSA) is 52.7 Å². The first-order valence-electron chi connectivity index (χ1n) is 10.4. The van der Waals surface area contributed by atoms with Crippen LogP contribution in [0.4, 0.5) is 13.2 Å². The molecule has 0 radical (unpaired) electrons. The van der Waals surface area contributed by atoms with Crippen molar-refractivity contribution < 1.29 is 13.2 Å². The van der Waals surface area contributed by atoms with Gasteiger partial charge in [0.25, 0.3) is 5.56 Å². The molecule has 2 heterocycles. The molecule has 2 aromatic carbocycles. The summed E-state index contributed by atoms with van der Waals surface area (Å²) in [7, 11) is 0. The van der Waals surface area contributed by atoms with E-state index in [1.165, 1.54) is 10.7 Å². The Morgan fingerprint density at radius 3 is 2.56 bits per heavy atom. The van der Waals surface area contributed by atoms with Crippen LogP contribution in [0.5, 0.6) is 0 Å². The van der Waals surface area contributed by atoms with Crippen LogP contribution in [0.3, 0.4) is 0 Å². The Bertz CT molecular complexity index is 1400. The number of rotatable bonds is 4. The van der Waals surface area contributed by atoms with Crippen molar-refractivity contribution in [2.45, 2.75) is 45.3 Å². The zero-order chi connectivity index (χ0) is 22.6. The number of nitrogens with zero attached hydrogens (tertiary/aromatic N) is 4. The summed E-state index contributed by atoms with van der Waals surface area (Å²) in [6.07, 6.45) is -0.832. The Morgan fingerprint density at radius 2 is 1.88 bits per heavy atom. The highest BCUT2D eigenvalue weighted by Crippen LogP contribution is 2.41. The molecule has 8 heteroatoms. The molecule has 5 nitrogen and oxygen atoms in total. The number of benzene rings is 2. The normalized spacial score (nSPS) is 14.3. The van der Waals surface area contributed by atoms with Crippen LogP contribution >= 0.6 is 0 Å². The van der Waals surface area contributed by atoms with Crippen LogP contribution in [0.1, 0.15) is 46.7 Å². The van der Waals surface area contributed by atoms with Crippen LogP contribution in [0.25, 0.3) is 16.6 Å². The molecule has 32 heavy (non-hydrogen) atoms. The quantitative estimate of drug-likeness (QED) is 0.443. The summed E-state index contributed by atoms with van der Waals surface area (Å²) in [5, 5.41) is 9.77. The van der Waals surface area contributed by atoms with Gasteiger partial charge in [0.05, 0.1) is 29.7 Å². The third-order valence-electron chi connectivity index (χ3n) is 5.84. The number of alkyl halides is 3. The molecule has 0 atom stereocenters. The van der Waals surface area contributed by atoms with Crippen molar-refractivity contribution in [2.24, 2.45) is 0 Å². The van der Waals surface area contributed by atoms with Crippen molar-refractivity contribution >= 4 is 10.9 Å². The third-order valence-corrected chi connectivity index (χ3v) is 5.84. The maximum atomic E-state index is 13.5. The number of aromatic nitrogens is 4. The lowest BCUT2D eigenvalue weighted by molar-refractivity contribution is -0.137. The maximum Gasteiger partial charge on any atom is 0.416 e. The minimum absolute atomic E-state index is 0.0452. The van der Waals surface area contributed by atoms with Gasteiger partial charge < -0.3 is 0 Å². The van der Waals surface area contributed by atoms with Gasteiger partial charge in [0.2, 0.25) is 0 Å².